The summed E-state index contributed by atoms with van der Waals surface area (Å²) in [6.07, 6.45) is 4.74. The van der Waals surface area contributed by atoms with Crippen molar-refractivity contribution in [3.8, 4) is 0 Å². The molecule has 1 rings (SSSR count). The number of carboxylic acid groups (broad SMARTS) is 1. The average molecular weight is 270 g/mol. The highest BCUT2D eigenvalue weighted by Gasteiger charge is 2.22. The van der Waals surface area contributed by atoms with E-state index in [4.69, 9.17) is 5.11 Å². The second kappa shape index (κ2) is 8.02. The van der Waals surface area contributed by atoms with Gasteiger partial charge in [0.25, 0.3) is 0 Å². The predicted octanol–water partition coefficient (Wildman–Crippen LogP) is 2.32. The molecular weight excluding hydrogens is 244 g/mol. The summed E-state index contributed by atoms with van der Waals surface area (Å²) < 4.78 is 0. The molecule has 1 saturated heterocycles. The fourth-order valence-electron chi connectivity index (χ4n) is 2.58. The molecule has 1 atom stereocenters. The van der Waals surface area contributed by atoms with E-state index in [1.165, 1.54) is 12.8 Å². The maximum Gasteiger partial charge on any atom is 0.317 e. The number of urea groups is 1. The van der Waals surface area contributed by atoms with Crippen LogP contribution in [0.1, 0.15) is 46.0 Å². The molecule has 0 bridgehead atoms. The van der Waals surface area contributed by atoms with E-state index < -0.39 is 5.97 Å². The maximum atomic E-state index is 11.9. The Bertz CT molecular complexity index is 299. The van der Waals surface area contributed by atoms with E-state index in [1.807, 2.05) is 11.8 Å². The summed E-state index contributed by atoms with van der Waals surface area (Å²) in [6, 6.07) is -0.0489. The number of nitrogens with zero attached hydrogens (tertiary/aromatic N) is 1. The van der Waals surface area contributed by atoms with Crippen molar-refractivity contribution in [3.63, 3.8) is 0 Å². The Balaban J connectivity index is 2.22. The summed E-state index contributed by atoms with van der Waals surface area (Å²) in [6.45, 7) is 6.11. The highest BCUT2D eigenvalue weighted by atomic mass is 16.4. The van der Waals surface area contributed by atoms with E-state index in [-0.39, 0.29) is 18.4 Å². The van der Waals surface area contributed by atoms with E-state index in [0.29, 0.717) is 6.54 Å². The Morgan fingerprint density at radius 1 is 1.37 bits per heavy atom. The monoisotopic (exact) mass is 270 g/mol. The summed E-state index contributed by atoms with van der Waals surface area (Å²) in [5.74, 6) is -0.0822. The number of likely N-dealkylation sites (tertiary alicyclic amines) is 1. The molecule has 5 heteroatoms. The van der Waals surface area contributed by atoms with Crippen molar-refractivity contribution in [1.82, 2.24) is 10.2 Å². The molecule has 1 aliphatic rings. The van der Waals surface area contributed by atoms with Crippen LogP contribution in [0.5, 0.6) is 0 Å². The summed E-state index contributed by atoms with van der Waals surface area (Å²) in [4.78, 5) is 24.3. The Kier molecular flexibility index (Phi) is 6.67. The van der Waals surface area contributed by atoms with Crippen LogP contribution in [-0.2, 0) is 4.79 Å². The van der Waals surface area contributed by atoms with Crippen LogP contribution >= 0.6 is 0 Å². The molecule has 19 heavy (non-hydrogen) atoms. The maximum absolute atomic E-state index is 11.9. The first kappa shape index (κ1) is 15.8. The lowest BCUT2D eigenvalue weighted by molar-refractivity contribution is -0.137. The molecular formula is C14H26N2O3. The van der Waals surface area contributed by atoms with Gasteiger partial charge in [-0.05, 0) is 24.7 Å². The van der Waals surface area contributed by atoms with E-state index in [9.17, 15) is 9.59 Å². The molecule has 0 aromatic carbocycles. The van der Waals surface area contributed by atoms with Crippen molar-refractivity contribution in [2.24, 2.45) is 11.8 Å². The average Bonchev–Trinajstić information content (AvgIpc) is 2.36. The van der Waals surface area contributed by atoms with Gasteiger partial charge in [0.05, 0.1) is 0 Å². The molecule has 110 valence electrons. The summed E-state index contributed by atoms with van der Waals surface area (Å²) in [5.41, 5.74) is 0. The number of hydrogen-bond acceptors (Lipinski definition) is 2. The normalized spacial score (nSPS) is 18.1. The van der Waals surface area contributed by atoms with Crippen LogP contribution in [0.4, 0.5) is 4.79 Å². The number of piperidine rings is 1. The van der Waals surface area contributed by atoms with Gasteiger partial charge in [0, 0.05) is 26.1 Å². The minimum atomic E-state index is -0.817. The molecule has 1 heterocycles. The van der Waals surface area contributed by atoms with Crippen molar-refractivity contribution in [2.45, 2.75) is 46.0 Å². The van der Waals surface area contributed by atoms with Gasteiger partial charge in [-0.1, -0.05) is 26.7 Å². The SMILES string of the molecule is CCCC1CCN(C(=O)NCC(C)CC(=O)O)CC1. The van der Waals surface area contributed by atoms with Crippen LogP contribution in [0, 0.1) is 11.8 Å². The van der Waals surface area contributed by atoms with Crippen LogP contribution in [0.2, 0.25) is 0 Å². The van der Waals surface area contributed by atoms with Gasteiger partial charge in [0.2, 0.25) is 0 Å². The van der Waals surface area contributed by atoms with Crippen LogP contribution in [0.25, 0.3) is 0 Å². The van der Waals surface area contributed by atoms with Crippen molar-refractivity contribution in [3.05, 3.63) is 0 Å². The molecule has 1 unspecified atom stereocenters. The van der Waals surface area contributed by atoms with Crippen LogP contribution in [0.15, 0.2) is 0 Å². The van der Waals surface area contributed by atoms with Gasteiger partial charge in [-0.25, -0.2) is 4.79 Å². The smallest absolute Gasteiger partial charge is 0.317 e. The topological polar surface area (TPSA) is 69.6 Å². The summed E-state index contributed by atoms with van der Waals surface area (Å²) in [7, 11) is 0. The standard InChI is InChI=1S/C14H26N2O3/c1-3-4-12-5-7-16(8-6-12)14(19)15-10-11(2)9-13(17)18/h11-12H,3-10H2,1-2H3,(H,15,19)(H,17,18). The first-order chi connectivity index (χ1) is 9.02. The highest BCUT2D eigenvalue weighted by molar-refractivity contribution is 5.74. The van der Waals surface area contributed by atoms with E-state index in [1.54, 1.807) is 0 Å². The van der Waals surface area contributed by atoms with Gasteiger partial charge in [-0.3, -0.25) is 4.79 Å². The van der Waals surface area contributed by atoms with Crippen LogP contribution in [-0.4, -0.2) is 41.6 Å². The molecule has 0 aliphatic carbocycles. The molecule has 0 aromatic heterocycles. The van der Waals surface area contributed by atoms with Gasteiger partial charge in [-0.15, -0.1) is 0 Å². The quantitative estimate of drug-likeness (QED) is 0.778. The first-order valence-electron chi connectivity index (χ1n) is 7.27. The molecule has 0 aromatic rings. The molecule has 0 spiro atoms. The number of carbonyl (C=O) groups excluding carboxylic acids is 1. The van der Waals surface area contributed by atoms with Crippen molar-refractivity contribution >= 4 is 12.0 Å². The second-order valence-corrected chi connectivity index (χ2v) is 5.61. The molecule has 5 nitrogen and oxygen atoms in total. The van der Waals surface area contributed by atoms with E-state index in [2.05, 4.69) is 12.2 Å². The van der Waals surface area contributed by atoms with Crippen molar-refractivity contribution < 1.29 is 14.7 Å². The third-order valence-corrected chi connectivity index (χ3v) is 3.72. The summed E-state index contributed by atoms with van der Waals surface area (Å²) >= 11 is 0. The van der Waals surface area contributed by atoms with Crippen molar-refractivity contribution in [2.75, 3.05) is 19.6 Å². The Morgan fingerprint density at radius 2 is 2.00 bits per heavy atom. The zero-order valence-corrected chi connectivity index (χ0v) is 12.0. The van der Waals surface area contributed by atoms with Gasteiger partial charge < -0.3 is 15.3 Å². The molecule has 1 aliphatic heterocycles. The Morgan fingerprint density at radius 3 is 2.53 bits per heavy atom. The number of rotatable bonds is 6. The molecule has 1 fully saturated rings. The Hall–Kier alpha value is -1.26. The number of amides is 2. The highest BCUT2D eigenvalue weighted by Crippen LogP contribution is 2.21. The number of hydrogen-bond donors (Lipinski definition) is 2. The fraction of sp³-hybridized carbons (Fsp3) is 0.857. The van der Waals surface area contributed by atoms with E-state index in [0.717, 1.165) is 31.8 Å². The Labute approximate surface area is 115 Å². The van der Waals surface area contributed by atoms with Crippen molar-refractivity contribution in [1.29, 1.82) is 0 Å². The first-order valence-corrected chi connectivity index (χ1v) is 7.27. The lowest BCUT2D eigenvalue weighted by atomic mass is 9.93. The minimum Gasteiger partial charge on any atom is -0.481 e. The number of aliphatic carboxylic acids is 1. The summed E-state index contributed by atoms with van der Waals surface area (Å²) in [5, 5.41) is 11.5. The predicted molar refractivity (Wildman–Crippen MR) is 74.0 cm³/mol. The van der Waals surface area contributed by atoms with Gasteiger partial charge in [0.15, 0.2) is 0 Å². The number of carboxylic acids is 1. The van der Waals surface area contributed by atoms with Gasteiger partial charge in [0.1, 0.15) is 0 Å². The second-order valence-electron chi connectivity index (χ2n) is 5.61. The fourth-order valence-corrected chi connectivity index (χ4v) is 2.58. The van der Waals surface area contributed by atoms with Crippen LogP contribution in [0.3, 0.4) is 0 Å². The lowest BCUT2D eigenvalue weighted by Crippen LogP contribution is -2.45. The third kappa shape index (κ3) is 5.94. The van der Waals surface area contributed by atoms with Crippen LogP contribution < -0.4 is 5.32 Å². The largest absolute Gasteiger partial charge is 0.481 e. The third-order valence-electron chi connectivity index (χ3n) is 3.72. The van der Waals surface area contributed by atoms with Gasteiger partial charge >= 0.3 is 12.0 Å². The minimum absolute atomic E-state index is 0.0286. The van der Waals surface area contributed by atoms with Gasteiger partial charge in [-0.2, -0.15) is 0 Å². The number of carbonyl (C=O) groups is 2. The zero-order valence-electron chi connectivity index (χ0n) is 12.0. The van der Waals surface area contributed by atoms with E-state index >= 15 is 0 Å². The molecule has 0 saturated carbocycles. The molecule has 2 N–H and O–H groups in total. The number of nitrogens with one attached hydrogen (secondary N) is 1. The lowest BCUT2D eigenvalue weighted by Gasteiger charge is -2.32. The molecule has 2 amide bonds. The zero-order chi connectivity index (χ0) is 14.3. The molecule has 0 radical (unpaired) electrons.